The summed E-state index contributed by atoms with van der Waals surface area (Å²) < 4.78 is 10.6. The van der Waals surface area contributed by atoms with Gasteiger partial charge in [0.2, 0.25) is 5.91 Å². The van der Waals surface area contributed by atoms with Crippen molar-refractivity contribution in [1.82, 2.24) is 10.2 Å². The number of nitrogens with zero attached hydrogens (tertiary/aromatic N) is 1. The third kappa shape index (κ3) is 5.89. The summed E-state index contributed by atoms with van der Waals surface area (Å²) >= 11 is 5.97. The first kappa shape index (κ1) is 17.8. The van der Waals surface area contributed by atoms with Crippen molar-refractivity contribution in [3.63, 3.8) is 0 Å². The van der Waals surface area contributed by atoms with Crippen molar-refractivity contribution < 1.29 is 14.3 Å². The van der Waals surface area contributed by atoms with Gasteiger partial charge in [0, 0.05) is 30.7 Å². The third-order valence-corrected chi connectivity index (χ3v) is 3.88. The van der Waals surface area contributed by atoms with Crippen LogP contribution in [-0.4, -0.2) is 63.4 Å². The summed E-state index contributed by atoms with van der Waals surface area (Å²) in [5.74, 6) is 0.594. The van der Waals surface area contributed by atoms with Gasteiger partial charge >= 0.3 is 0 Å². The average molecular weight is 342 g/mol. The molecule has 1 heterocycles. The van der Waals surface area contributed by atoms with E-state index in [2.05, 4.69) is 15.5 Å². The Morgan fingerprint density at radius 3 is 2.87 bits per heavy atom. The molecule has 0 aromatic heterocycles. The van der Waals surface area contributed by atoms with Gasteiger partial charge in [-0.15, -0.1) is 0 Å². The molecule has 0 spiro atoms. The van der Waals surface area contributed by atoms with Crippen molar-refractivity contribution in [3.05, 3.63) is 23.2 Å². The van der Waals surface area contributed by atoms with Crippen molar-refractivity contribution in [2.24, 2.45) is 0 Å². The number of methoxy groups -OCH3 is 1. The summed E-state index contributed by atoms with van der Waals surface area (Å²) in [5.41, 5.74) is 0.705. The number of nitrogens with one attached hydrogen (secondary N) is 2. The van der Waals surface area contributed by atoms with E-state index >= 15 is 0 Å². The number of amides is 1. The van der Waals surface area contributed by atoms with Crippen LogP contribution in [0.2, 0.25) is 5.02 Å². The van der Waals surface area contributed by atoms with Crippen LogP contribution >= 0.6 is 11.6 Å². The number of anilines is 1. The van der Waals surface area contributed by atoms with Crippen molar-refractivity contribution in [1.29, 1.82) is 0 Å². The van der Waals surface area contributed by atoms with Gasteiger partial charge in [0.05, 0.1) is 32.6 Å². The molecule has 1 aliphatic heterocycles. The first-order chi connectivity index (χ1) is 11.1. The lowest BCUT2D eigenvalue weighted by atomic mass is 10.2. The van der Waals surface area contributed by atoms with Crippen LogP contribution < -0.4 is 15.4 Å². The zero-order valence-corrected chi connectivity index (χ0v) is 14.4. The van der Waals surface area contributed by atoms with Gasteiger partial charge in [-0.2, -0.15) is 0 Å². The highest BCUT2D eigenvalue weighted by Gasteiger charge is 2.15. The van der Waals surface area contributed by atoms with E-state index in [1.54, 1.807) is 25.3 Å². The first-order valence-electron chi connectivity index (χ1n) is 7.75. The van der Waals surface area contributed by atoms with E-state index in [0.717, 1.165) is 32.8 Å². The summed E-state index contributed by atoms with van der Waals surface area (Å²) in [6.45, 7) is 6.36. The van der Waals surface area contributed by atoms with Crippen molar-refractivity contribution in [2.45, 2.75) is 13.0 Å². The van der Waals surface area contributed by atoms with E-state index < -0.39 is 0 Å². The number of hydrogen-bond donors (Lipinski definition) is 2. The molecule has 1 atom stereocenters. The van der Waals surface area contributed by atoms with Crippen LogP contribution in [0, 0.1) is 0 Å². The Hall–Kier alpha value is -1.50. The van der Waals surface area contributed by atoms with Crippen molar-refractivity contribution in [3.8, 4) is 5.75 Å². The lowest BCUT2D eigenvalue weighted by Crippen LogP contribution is -2.47. The molecule has 1 saturated heterocycles. The predicted octanol–water partition coefficient (Wildman–Crippen LogP) is 1.60. The third-order valence-electron chi connectivity index (χ3n) is 3.64. The molecule has 6 nitrogen and oxygen atoms in total. The molecule has 1 fully saturated rings. The van der Waals surface area contributed by atoms with Crippen LogP contribution in [0.4, 0.5) is 5.69 Å². The smallest absolute Gasteiger partial charge is 0.239 e. The summed E-state index contributed by atoms with van der Waals surface area (Å²) in [4.78, 5) is 14.4. The van der Waals surface area contributed by atoms with E-state index in [-0.39, 0.29) is 18.5 Å². The highest BCUT2D eigenvalue weighted by Crippen LogP contribution is 2.27. The molecule has 0 unspecified atom stereocenters. The summed E-state index contributed by atoms with van der Waals surface area (Å²) in [6.07, 6.45) is 0. The molecule has 2 N–H and O–H groups in total. The average Bonchev–Trinajstić information content (AvgIpc) is 2.54. The molecule has 1 aromatic carbocycles. The molecule has 2 rings (SSSR count). The van der Waals surface area contributed by atoms with Gasteiger partial charge in [0.1, 0.15) is 5.75 Å². The van der Waals surface area contributed by atoms with Crippen LogP contribution in [0.15, 0.2) is 18.2 Å². The van der Waals surface area contributed by atoms with Crippen LogP contribution in [0.3, 0.4) is 0 Å². The second-order valence-corrected chi connectivity index (χ2v) is 6.02. The van der Waals surface area contributed by atoms with E-state index in [0.29, 0.717) is 16.5 Å². The number of benzene rings is 1. The van der Waals surface area contributed by atoms with Crippen LogP contribution in [0.1, 0.15) is 6.92 Å². The molecule has 1 aromatic rings. The highest BCUT2D eigenvalue weighted by atomic mass is 35.5. The monoisotopic (exact) mass is 341 g/mol. The highest BCUT2D eigenvalue weighted by molar-refractivity contribution is 6.30. The number of hydrogen-bond acceptors (Lipinski definition) is 5. The SMILES string of the molecule is COc1ccc(Cl)cc1NCC(=O)N[C@H](C)CN1CCOCC1. The Balaban J connectivity index is 1.77. The van der Waals surface area contributed by atoms with Gasteiger partial charge in [-0.1, -0.05) is 11.6 Å². The van der Waals surface area contributed by atoms with Crippen molar-refractivity contribution >= 4 is 23.2 Å². The Bertz CT molecular complexity index is 521. The van der Waals surface area contributed by atoms with Crippen molar-refractivity contribution in [2.75, 3.05) is 51.8 Å². The second kappa shape index (κ2) is 8.96. The second-order valence-electron chi connectivity index (χ2n) is 5.58. The van der Waals surface area contributed by atoms with E-state index in [1.807, 2.05) is 6.92 Å². The lowest BCUT2D eigenvalue weighted by molar-refractivity contribution is -0.120. The Labute approximate surface area is 142 Å². The summed E-state index contributed by atoms with van der Waals surface area (Å²) in [6, 6.07) is 5.34. The first-order valence-corrected chi connectivity index (χ1v) is 8.13. The van der Waals surface area contributed by atoms with Gasteiger partial charge in [-0.3, -0.25) is 9.69 Å². The molecular formula is C16H24ClN3O3. The Morgan fingerprint density at radius 2 is 2.17 bits per heavy atom. The van der Waals surface area contributed by atoms with Crippen LogP contribution in [-0.2, 0) is 9.53 Å². The van der Waals surface area contributed by atoms with Gasteiger partial charge in [0.25, 0.3) is 0 Å². The zero-order valence-electron chi connectivity index (χ0n) is 13.6. The Morgan fingerprint density at radius 1 is 1.43 bits per heavy atom. The molecule has 7 heteroatoms. The van der Waals surface area contributed by atoms with E-state index in [4.69, 9.17) is 21.1 Å². The topological polar surface area (TPSA) is 62.8 Å². The molecule has 0 aliphatic carbocycles. The lowest BCUT2D eigenvalue weighted by Gasteiger charge is -2.29. The van der Waals surface area contributed by atoms with Gasteiger partial charge < -0.3 is 20.1 Å². The number of morpholine rings is 1. The molecular weight excluding hydrogens is 318 g/mol. The predicted molar refractivity (Wildman–Crippen MR) is 91.4 cm³/mol. The maximum Gasteiger partial charge on any atom is 0.239 e. The van der Waals surface area contributed by atoms with Gasteiger partial charge in [0.15, 0.2) is 0 Å². The minimum Gasteiger partial charge on any atom is -0.495 e. The maximum atomic E-state index is 12.1. The maximum absolute atomic E-state index is 12.1. The standard InChI is InChI=1S/C16H24ClN3O3/c1-12(11-20-5-7-23-8-6-20)19-16(21)10-18-14-9-13(17)3-4-15(14)22-2/h3-4,9,12,18H,5-8,10-11H2,1-2H3,(H,19,21)/t12-/m1/s1. The fourth-order valence-electron chi connectivity index (χ4n) is 2.54. The van der Waals surface area contributed by atoms with Gasteiger partial charge in [-0.25, -0.2) is 0 Å². The summed E-state index contributed by atoms with van der Waals surface area (Å²) in [5, 5.41) is 6.64. The number of carbonyl (C=O) groups is 1. The largest absolute Gasteiger partial charge is 0.495 e. The van der Waals surface area contributed by atoms with E-state index in [1.165, 1.54) is 0 Å². The number of rotatable bonds is 7. The van der Waals surface area contributed by atoms with Crippen LogP contribution in [0.25, 0.3) is 0 Å². The molecule has 1 amide bonds. The fourth-order valence-corrected chi connectivity index (χ4v) is 2.71. The molecule has 23 heavy (non-hydrogen) atoms. The molecule has 128 valence electrons. The quantitative estimate of drug-likeness (QED) is 0.788. The molecule has 0 saturated carbocycles. The van der Waals surface area contributed by atoms with Crippen LogP contribution in [0.5, 0.6) is 5.75 Å². The molecule has 0 radical (unpaired) electrons. The molecule has 1 aliphatic rings. The summed E-state index contributed by atoms with van der Waals surface area (Å²) in [7, 11) is 1.58. The molecule has 0 bridgehead atoms. The zero-order chi connectivity index (χ0) is 16.7. The minimum atomic E-state index is -0.0622. The number of ether oxygens (including phenoxy) is 2. The number of halogens is 1. The van der Waals surface area contributed by atoms with Gasteiger partial charge in [-0.05, 0) is 25.1 Å². The number of carbonyl (C=O) groups excluding carboxylic acids is 1. The fraction of sp³-hybridized carbons (Fsp3) is 0.562. The Kier molecular flexibility index (Phi) is 6.95. The minimum absolute atomic E-state index is 0.0622. The normalized spacial score (nSPS) is 16.7. The van der Waals surface area contributed by atoms with E-state index in [9.17, 15) is 4.79 Å².